The summed E-state index contributed by atoms with van der Waals surface area (Å²) in [4.78, 5) is 15.6. The van der Waals surface area contributed by atoms with Crippen LogP contribution in [0.15, 0.2) is 17.2 Å². The zero-order chi connectivity index (χ0) is 11.1. The predicted molar refractivity (Wildman–Crippen MR) is 65.6 cm³/mol. The Bertz CT molecular complexity index is 349. The SMILES string of the molecule is Cc1cc(=O)n(CCCCCCS)cn1. The molecule has 0 unspecified atom stereocenters. The Hall–Kier alpha value is -0.770. The van der Waals surface area contributed by atoms with Crippen molar-refractivity contribution in [2.75, 3.05) is 5.75 Å². The number of rotatable bonds is 6. The average Bonchev–Trinajstić information content (AvgIpc) is 2.20. The highest BCUT2D eigenvalue weighted by atomic mass is 32.1. The third-order valence-electron chi connectivity index (χ3n) is 2.32. The normalized spacial score (nSPS) is 10.5. The van der Waals surface area contributed by atoms with E-state index in [0.717, 1.165) is 37.3 Å². The largest absolute Gasteiger partial charge is 0.299 e. The van der Waals surface area contributed by atoms with Crippen molar-refractivity contribution in [3.8, 4) is 0 Å². The van der Waals surface area contributed by atoms with Crippen molar-refractivity contribution < 1.29 is 0 Å². The number of thiol groups is 1. The van der Waals surface area contributed by atoms with Gasteiger partial charge in [-0.1, -0.05) is 12.8 Å². The van der Waals surface area contributed by atoms with Gasteiger partial charge in [0.15, 0.2) is 0 Å². The minimum absolute atomic E-state index is 0.0525. The highest BCUT2D eigenvalue weighted by molar-refractivity contribution is 7.80. The van der Waals surface area contributed by atoms with E-state index in [2.05, 4.69) is 17.6 Å². The molecular weight excluding hydrogens is 208 g/mol. The molecule has 1 aromatic rings. The molecule has 0 spiro atoms. The van der Waals surface area contributed by atoms with Gasteiger partial charge in [0.05, 0.1) is 6.33 Å². The molecule has 4 heteroatoms. The molecule has 0 amide bonds. The van der Waals surface area contributed by atoms with Crippen LogP contribution in [0.3, 0.4) is 0 Å². The lowest BCUT2D eigenvalue weighted by Gasteiger charge is -2.04. The van der Waals surface area contributed by atoms with Crippen molar-refractivity contribution in [3.63, 3.8) is 0 Å². The van der Waals surface area contributed by atoms with Crippen LogP contribution in [0.25, 0.3) is 0 Å². The maximum Gasteiger partial charge on any atom is 0.253 e. The van der Waals surface area contributed by atoms with Gasteiger partial charge in [-0.3, -0.25) is 9.36 Å². The second kappa shape index (κ2) is 6.67. The van der Waals surface area contributed by atoms with Crippen LogP contribution in [-0.2, 0) is 6.54 Å². The fourth-order valence-corrected chi connectivity index (χ4v) is 1.66. The first kappa shape index (κ1) is 12.3. The molecule has 1 heterocycles. The standard InChI is InChI=1S/C11H18N2OS/c1-10-8-11(14)13(9-12-10)6-4-2-3-5-7-15/h8-9,15H,2-7H2,1H3. The molecule has 0 fully saturated rings. The Balaban J connectivity index is 2.34. The lowest BCUT2D eigenvalue weighted by atomic mass is 10.2. The van der Waals surface area contributed by atoms with E-state index in [-0.39, 0.29) is 5.56 Å². The van der Waals surface area contributed by atoms with Crippen molar-refractivity contribution in [1.29, 1.82) is 0 Å². The van der Waals surface area contributed by atoms with Crippen LogP contribution in [0.5, 0.6) is 0 Å². The first-order chi connectivity index (χ1) is 7.24. The zero-order valence-corrected chi connectivity index (χ0v) is 10.0. The van der Waals surface area contributed by atoms with E-state index in [0.29, 0.717) is 0 Å². The Kier molecular flexibility index (Phi) is 5.47. The molecule has 0 aliphatic heterocycles. The van der Waals surface area contributed by atoms with Gasteiger partial charge in [-0.25, -0.2) is 4.98 Å². The second-order valence-electron chi connectivity index (χ2n) is 3.70. The van der Waals surface area contributed by atoms with E-state index >= 15 is 0 Å². The van der Waals surface area contributed by atoms with Gasteiger partial charge < -0.3 is 0 Å². The third kappa shape index (κ3) is 4.51. The van der Waals surface area contributed by atoms with Crippen LogP contribution in [0.2, 0.25) is 0 Å². The topological polar surface area (TPSA) is 34.9 Å². The second-order valence-corrected chi connectivity index (χ2v) is 4.15. The highest BCUT2D eigenvalue weighted by Crippen LogP contribution is 2.01. The molecule has 84 valence electrons. The number of aryl methyl sites for hydroxylation is 2. The van der Waals surface area contributed by atoms with Crippen LogP contribution in [-0.4, -0.2) is 15.3 Å². The summed E-state index contributed by atoms with van der Waals surface area (Å²) in [6, 6.07) is 1.58. The minimum Gasteiger partial charge on any atom is -0.299 e. The minimum atomic E-state index is 0.0525. The molecule has 0 aliphatic rings. The average molecular weight is 226 g/mol. The monoisotopic (exact) mass is 226 g/mol. The third-order valence-corrected chi connectivity index (χ3v) is 2.64. The fourth-order valence-electron chi connectivity index (χ4n) is 1.43. The molecule has 0 aromatic carbocycles. The van der Waals surface area contributed by atoms with Crippen LogP contribution in [0, 0.1) is 6.92 Å². The van der Waals surface area contributed by atoms with Gasteiger partial charge >= 0.3 is 0 Å². The Morgan fingerprint density at radius 2 is 2.07 bits per heavy atom. The van der Waals surface area contributed by atoms with Crippen LogP contribution < -0.4 is 5.56 Å². The summed E-state index contributed by atoms with van der Waals surface area (Å²) in [5, 5.41) is 0. The summed E-state index contributed by atoms with van der Waals surface area (Å²) in [5.74, 6) is 0.950. The van der Waals surface area contributed by atoms with Gasteiger partial charge in [0.25, 0.3) is 5.56 Å². The van der Waals surface area contributed by atoms with Crippen molar-refractivity contribution in [3.05, 3.63) is 28.4 Å². The van der Waals surface area contributed by atoms with Gasteiger partial charge in [-0.15, -0.1) is 0 Å². The summed E-state index contributed by atoms with van der Waals surface area (Å²) in [6.07, 6.45) is 6.18. The Morgan fingerprint density at radius 3 is 2.73 bits per heavy atom. The first-order valence-electron chi connectivity index (χ1n) is 5.38. The molecule has 0 saturated heterocycles. The van der Waals surface area contributed by atoms with Gasteiger partial charge in [-0.2, -0.15) is 12.6 Å². The zero-order valence-electron chi connectivity index (χ0n) is 9.15. The molecule has 0 radical (unpaired) electrons. The lowest BCUT2D eigenvalue weighted by molar-refractivity contribution is 0.564. The number of aromatic nitrogens is 2. The van der Waals surface area contributed by atoms with Gasteiger partial charge in [0.2, 0.25) is 0 Å². The fraction of sp³-hybridized carbons (Fsp3) is 0.636. The van der Waals surface area contributed by atoms with Crippen molar-refractivity contribution in [1.82, 2.24) is 9.55 Å². The van der Waals surface area contributed by atoms with E-state index in [1.165, 1.54) is 6.42 Å². The maximum atomic E-state index is 11.5. The van der Waals surface area contributed by atoms with Crippen molar-refractivity contribution >= 4 is 12.6 Å². The van der Waals surface area contributed by atoms with Crippen LogP contribution in [0.4, 0.5) is 0 Å². The highest BCUT2D eigenvalue weighted by Gasteiger charge is 1.96. The summed E-state index contributed by atoms with van der Waals surface area (Å²) in [5.41, 5.74) is 0.836. The molecule has 1 rings (SSSR count). The summed E-state index contributed by atoms with van der Waals surface area (Å²) < 4.78 is 1.67. The molecule has 0 N–H and O–H groups in total. The number of hydrogen-bond donors (Lipinski definition) is 1. The van der Waals surface area contributed by atoms with E-state index in [9.17, 15) is 4.79 Å². The van der Waals surface area contributed by atoms with Crippen LogP contribution >= 0.6 is 12.6 Å². The van der Waals surface area contributed by atoms with E-state index < -0.39 is 0 Å². The number of hydrogen-bond acceptors (Lipinski definition) is 3. The first-order valence-corrected chi connectivity index (χ1v) is 6.01. The molecule has 0 bridgehead atoms. The van der Waals surface area contributed by atoms with E-state index in [1.54, 1.807) is 17.0 Å². The van der Waals surface area contributed by atoms with Crippen LogP contribution in [0.1, 0.15) is 31.4 Å². The molecule has 0 atom stereocenters. The molecule has 0 saturated carbocycles. The van der Waals surface area contributed by atoms with E-state index in [4.69, 9.17) is 0 Å². The lowest BCUT2D eigenvalue weighted by Crippen LogP contribution is -2.19. The summed E-state index contributed by atoms with van der Waals surface area (Å²) >= 11 is 4.16. The smallest absolute Gasteiger partial charge is 0.253 e. The van der Waals surface area contributed by atoms with Crippen molar-refractivity contribution in [2.24, 2.45) is 0 Å². The summed E-state index contributed by atoms with van der Waals surface area (Å²) in [7, 11) is 0. The predicted octanol–water partition coefficient (Wildman–Crippen LogP) is 2.04. The molecule has 15 heavy (non-hydrogen) atoms. The van der Waals surface area contributed by atoms with E-state index in [1.807, 2.05) is 6.92 Å². The molecule has 1 aromatic heterocycles. The Morgan fingerprint density at radius 1 is 1.33 bits per heavy atom. The Labute approximate surface area is 96.0 Å². The number of unbranched alkanes of at least 4 members (excludes halogenated alkanes) is 3. The quantitative estimate of drug-likeness (QED) is 0.595. The number of nitrogens with zero attached hydrogens (tertiary/aromatic N) is 2. The van der Waals surface area contributed by atoms with Gasteiger partial charge in [-0.05, 0) is 25.5 Å². The maximum absolute atomic E-state index is 11.5. The van der Waals surface area contributed by atoms with Gasteiger partial charge in [0, 0.05) is 18.3 Å². The molecule has 0 aliphatic carbocycles. The van der Waals surface area contributed by atoms with Gasteiger partial charge in [0.1, 0.15) is 0 Å². The van der Waals surface area contributed by atoms with Crippen molar-refractivity contribution in [2.45, 2.75) is 39.2 Å². The molecule has 3 nitrogen and oxygen atoms in total. The molecular formula is C11H18N2OS. The summed E-state index contributed by atoms with van der Waals surface area (Å²) in [6.45, 7) is 2.61.